The maximum Gasteiger partial charge on any atom is 0.410 e. The molecule has 0 saturated carbocycles. The summed E-state index contributed by atoms with van der Waals surface area (Å²) in [7, 11) is 0. The summed E-state index contributed by atoms with van der Waals surface area (Å²) in [6, 6.07) is 5.70. The van der Waals surface area contributed by atoms with E-state index in [9.17, 15) is 4.79 Å². The third-order valence-electron chi connectivity index (χ3n) is 3.98. The topological polar surface area (TPSA) is 41.6 Å². The number of rotatable bonds is 5. The van der Waals surface area contributed by atoms with Gasteiger partial charge in [-0.3, -0.25) is 0 Å². The van der Waals surface area contributed by atoms with Gasteiger partial charge >= 0.3 is 6.09 Å². The van der Waals surface area contributed by atoms with Crippen LogP contribution in [0.3, 0.4) is 0 Å². The zero-order chi connectivity index (χ0) is 17.7. The number of carbonyl (C=O) groups is 1. The lowest BCUT2D eigenvalue weighted by molar-refractivity contribution is 0.0221. The predicted molar refractivity (Wildman–Crippen MR) is 98.7 cm³/mol. The predicted octanol–water partition coefficient (Wildman–Crippen LogP) is 4.87. The van der Waals surface area contributed by atoms with E-state index in [1.165, 1.54) is 0 Å². The number of nitrogens with zero attached hydrogens (tertiary/aromatic N) is 1. The van der Waals surface area contributed by atoms with Crippen LogP contribution >= 0.6 is 23.2 Å². The number of amides is 1. The van der Waals surface area contributed by atoms with Crippen molar-refractivity contribution in [2.24, 2.45) is 0 Å². The highest BCUT2D eigenvalue weighted by Gasteiger charge is 2.31. The first-order valence-corrected chi connectivity index (χ1v) is 9.16. The number of hydrogen-bond acceptors (Lipinski definition) is 3. The Morgan fingerprint density at radius 3 is 2.83 bits per heavy atom. The van der Waals surface area contributed by atoms with Gasteiger partial charge in [0.2, 0.25) is 0 Å². The van der Waals surface area contributed by atoms with Crippen LogP contribution in [0.4, 0.5) is 4.79 Å². The Kier molecular flexibility index (Phi) is 6.79. The lowest BCUT2D eigenvalue weighted by Gasteiger charge is -2.28. The van der Waals surface area contributed by atoms with E-state index in [-0.39, 0.29) is 12.1 Å². The smallest absolute Gasteiger partial charge is 0.410 e. The molecule has 0 aromatic heterocycles. The summed E-state index contributed by atoms with van der Waals surface area (Å²) in [5, 5.41) is 4.78. The third-order valence-corrected chi connectivity index (χ3v) is 4.59. The number of benzene rings is 1. The number of hydrogen-bond donors (Lipinski definition) is 1. The Hall–Kier alpha value is -0.970. The quantitative estimate of drug-likeness (QED) is 0.749. The van der Waals surface area contributed by atoms with E-state index in [1.54, 1.807) is 6.07 Å². The summed E-state index contributed by atoms with van der Waals surface area (Å²) in [6.45, 7) is 7.94. The number of likely N-dealkylation sites (tertiary alicyclic amines) is 1. The fraction of sp³-hybridized carbons (Fsp3) is 0.611. The summed E-state index contributed by atoms with van der Waals surface area (Å²) in [4.78, 5) is 14.1. The van der Waals surface area contributed by atoms with Crippen molar-refractivity contribution in [3.63, 3.8) is 0 Å². The Labute approximate surface area is 154 Å². The molecule has 0 bridgehead atoms. The van der Waals surface area contributed by atoms with Crippen LogP contribution in [0.25, 0.3) is 0 Å². The summed E-state index contributed by atoms with van der Waals surface area (Å²) in [6.07, 6.45) is 2.75. The number of carbonyl (C=O) groups excluding carboxylic acids is 1. The summed E-state index contributed by atoms with van der Waals surface area (Å²) >= 11 is 12.2. The molecule has 1 saturated heterocycles. The van der Waals surface area contributed by atoms with Gasteiger partial charge < -0.3 is 15.0 Å². The van der Waals surface area contributed by atoms with Crippen LogP contribution in [0.15, 0.2) is 18.2 Å². The Balaban J connectivity index is 1.79. The molecule has 0 aliphatic carbocycles. The van der Waals surface area contributed by atoms with Gasteiger partial charge in [0, 0.05) is 29.2 Å². The summed E-state index contributed by atoms with van der Waals surface area (Å²) in [5.74, 6) is 0. The van der Waals surface area contributed by atoms with Crippen LogP contribution in [0.1, 0.15) is 45.6 Å². The normalized spacial score (nSPS) is 18.0. The van der Waals surface area contributed by atoms with E-state index in [0.717, 1.165) is 37.9 Å². The van der Waals surface area contributed by atoms with Crippen molar-refractivity contribution in [3.8, 4) is 0 Å². The Morgan fingerprint density at radius 2 is 2.12 bits per heavy atom. The van der Waals surface area contributed by atoms with Gasteiger partial charge in [-0.25, -0.2) is 4.79 Å². The van der Waals surface area contributed by atoms with Crippen LogP contribution in [0, 0.1) is 0 Å². The molecule has 1 aromatic carbocycles. The van der Waals surface area contributed by atoms with Gasteiger partial charge in [-0.15, -0.1) is 0 Å². The SMILES string of the molecule is CC(C)(C)OC(=O)N1CCCC1CCNCc1cc(Cl)ccc1Cl. The zero-order valence-corrected chi connectivity index (χ0v) is 16.1. The van der Waals surface area contributed by atoms with Crippen LogP contribution in [0.2, 0.25) is 10.0 Å². The molecule has 134 valence electrons. The summed E-state index contributed by atoms with van der Waals surface area (Å²) in [5.41, 5.74) is 0.533. The van der Waals surface area contributed by atoms with Gasteiger partial charge in [-0.1, -0.05) is 23.2 Å². The zero-order valence-electron chi connectivity index (χ0n) is 14.6. The Bertz CT molecular complexity index is 573. The maximum absolute atomic E-state index is 12.3. The first-order chi connectivity index (χ1) is 11.3. The second-order valence-corrected chi connectivity index (χ2v) is 8.01. The van der Waals surface area contributed by atoms with Crippen LogP contribution in [-0.2, 0) is 11.3 Å². The highest BCUT2D eigenvalue weighted by molar-refractivity contribution is 6.33. The van der Waals surface area contributed by atoms with Gasteiger partial charge in [-0.2, -0.15) is 0 Å². The van der Waals surface area contributed by atoms with Crippen molar-refractivity contribution in [2.75, 3.05) is 13.1 Å². The van der Waals surface area contributed by atoms with Crippen molar-refractivity contribution >= 4 is 29.3 Å². The van der Waals surface area contributed by atoms with Crippen molar-refractivity contribution < 1.29 is 9.53 Å². The molecule has 1 fully saturated rings. The van der Waals surface area contributed by atoms with Crippen LogP contribution in [0.5, 0.6) is 0 Å². The number of ether oxygens (including phenoxy) is 1. The van der Waals surface area contributed by atoms with E-state index in [2.05, 4.69) is 5.32 Å². The minimum Gasteiger partial charge on any atom is -0.444 e. The monoisotopic (exact) mass is 372 g/mol. The van der Waals surface area contributed by atoms with Gasteiger partial charge in [0.05, 0.1) is 0 Å². The molecule has 0 radical (unpaired) electrons. The molecule has 1 unspecified atom stereocenters. The molecule has 1 aliphatic heterocycles. The van der Waals surface area contributed by atoms with E-state index in [1.807, 2.05) is 37.8 Å². The first kappa shape index (κ1) is 19.4. The van der Waals surface area contributed by atoms with Gasteiger partial charge in [0.15, 0.2) is 0 Å². The van der Waals surface area contributed by atoms with E-state index in [0.29, 0.717) is 16.6 Å². The fourth-order valence-electron chi connectivity index (χ4n) is 2.87. The van der Waals surface area contributed by atoms with Crippen LogP contribution in [-0.4, -0.2) is 35.7 Å². The molecule has 1 heterocycles. The molecule has 1 aliphatic rings. The third kappa shape index (κ3) is 5.83. The minimum atomic E-state index is -0.453. The second-order valence-electron chi connectivity index (χ2n) is 7.17. The van der Waals surface area contributed by atoms with Crippen molar-refractivity contribution in [3.05, 3.63) is 33.8 Å². The molecular formula is C18H26Cl2N2O2. The van der Waals surface area contributed by atoms with Crippen LogP contribution < -0.4 is 5.32 Å². The standard InChI is InChI=1S/C18H26Cl2N2O2/c1-18(2,3)24-17(23)22-10-4-5-15(22)8-9-21-12-13-11-14(19)6-7-16(13)20/h6-7,11,15,21H,4-5,8-10,12H2,1-3H3. The second kappa shape index (κ2) is 8.41. The maximum atomic E-state index is 12.3. The number of nitrogens with one attached hydrogen (secondary N) is 1. The van der Waals surface area contributed by atoms with Gasteiger partial charge in [0.25, 0.3) is 0 Å². The largest absolute Gasteiger partial charge is 0.444 e. The van der Waals surface area contributed by atoms with Crippen molar-refractivity contribution in [1.82, 2.24) is 10.2 Å². The van der Waals surface area contributed by atoms with E-state index >= 15 is 0 Å². The molecule has 1 amide bonds. The van der Waals surface area contributed by atoms with E-state index in [4.69, 9.17) is 27.9 Å². The molecule has 1 aromatic rings. The fourth-order valence-corrected chi connectivity index (χ4v) is 3.25. The minimum absolute atomic E-state index is 0.206. The molecule has 4 nitrogen and oxygen atoms in total. The van der Waals surface area contributed by atoms with E-state index < -0.39 is 5.60 Å². The van der Waals surface area contributed by atoms with Crippen molar-refractivity contribution in [2.45, 2.75) is 58.2 Å². The highest BCUT2D eigenvalue weighted by atomic mass is 35.5. The molecule has 24 heavy (non-hydrogen) atoms. The molecule has 0 spiro atoms. The van der Waals surface area contributed by atoms with Crippen molar-refractivity contribution in [1.29, 1.82) is 0 Å². The molecule has 6 heteroatoms. The first-order valence-electron chi connectivity index (χ1n) is 8.40. The average molecular weight is 373 g/mol. The molecular weight excluding hydrogens is 347 g/mol. The summed E-state index contributed by atoms with van der Waals surface area (Å²) < 4.78 is 5.49. The average Bonchev–Trinajstić information content (AvgIpc) is 2.94. The molecule has 1 N–H and O–H groups in total. The highest BCUT2D eigenvalue weighted by Crippen LogP contribution is 2.23. The molecule has 1 atom stereocenters. The lowest BCUT2D eigenvalue weighted by atomic mass is 10.1. The van der Waals surface area contributed by atoms with Gasteiger partial charge in [-0.05, 0) is 70.3 Å². The molecule has 2 rings (SSSR count). The lowest BCUT2D eigenvalue weighted by Crippen LogP contribution is -2.40. The number of halogens is 2. The Morgan fingerprint density at radius 1 is 1.38 bits per heavy atom. The van der Waals surface area contributed by atoms with Gasteiger partial charge in [0.1, 0.15) is 5.60 Å².